The Morgan fingerprint density at radius 1 is 0.440 bits per heavy atom. The number of hydrogen-bond donors (Lipinski definition) is 6. The van der Waals surface area contributed by atoms with Gasteiger partial charge in [-0.05, 0) is 32.1 Å². The molecule has 444 valence electrons. The van der Waals surface area contributed by atoms with Crippen LogP contribution >= 0.6 is 0 Å². The Balaban J connectivity index is 2.17. The number of unbranched alkanes of at least 4 members (excludes halogenated alkanes) is 46. The van der Waals surface area contributed by atoms with Crippen molar-refractivity contribution in [3.8, 4) is 0 Å². The first-order valence-electron chi connectivity index (χ1n) is 33.1. The van der Waals surface area contributed by atoms with Gasteiger partial charge in [0.1, 0.15) is 24.4 Å². The molecule has 9 heteroatoms. The van der Waals surface area contributed by atoms with E-state index in [1.165, 1.54) is 276 Å². The first-order chi connectivity index (χ1) is 36.8. The van der Waals surface area contributed by atoms with Crippen LogP contribution in [0.3, 0.4) is 0 Å². The molecule has 0 aromatic heterocycles. The molecule has 0 aromatic rings. The molecule has 9 nitrogen and oxygen atoms in total. The van der Waals surface area contributed by atoms with Crippen molar-refractivity contribution >= 4 is 5.91 Å². The van der Waals surface area contributed by atoms with Crippen molar-refractivity contribution in [3.05, 3.63) is 24.3 Å². The Bertz CT molecular complexity index is 1230. The van der Waals surface area contributed by atoms with Crippen LogP contribution in [0.15, 0.2) is 24.3 Å². The maximum atomic E-state index is 13.1. The normalized spacial score (nSPS) is 18.9. The van der Waals surface area contributed by atoms with E-state index < -0.39 is 49.5 Å². The predicted molar refractivity (Wildman–Crippen MR) is 318 cm³/mol. The molecule has 1 rings (SSSR count). The molecule has 0 spiro atoms. The van der Waals surface area contributed by atoms with Gasteiger partial charge in [-0.15, -0.1) is 0 Å². The van der Waals surface area contributed by atoms with Crippen LogP contribution in [-0.4, -0.2) is 87.5 Å². The first-order valence-corrected chi connectivity index (χ1v) is 33.1. The van der Waals surface area contributed by atoms with Crippen molar-refractivity contribution < 1.29 is 39.8 Å². The minimum absolute atomic E-state index is 0.179. The van der Waals surface area contributed by atoms with Crippen LogP contribution in [0.25, 0.3) is 0 Å². The van der Waals surface area contributed by atoms with Gasteiger partial charge in [0, 0.05) is 6.42 Å². The lowest BCUT2D eigenvalue weighted by Gasteiger charge is -2.40. The van der Waals surface area contributed by atoms with Gasteiger partial charge in [-0.1, -0.05) is 321 Å². The second-order valence-electron chi connectivity index (χ2n) is 23.3. The lowest BCUT2D eigenvalue weighted by Crippen LogP contribution is -2.60. The van der Waals surface area contributed by atoms with Crippen molar-refractivity contribution in [3.63, 3.8) is 0 Å². The summed E-state index contributed by atoms with van der Waals surface area (Å²) in [5, 5.41) is 54.7. The molecule has 0 bridgehead atoms. The fourth-order valence-corrected chi connectivity index (χ4v) is 10.8. The highest BCUT2D eigenvalue weighted by Crippen LogP contribution is 2.23. The fourth-order valence-electron chi connectivity index (χ4n) is 10.8. The Kier molecular flexibility index (Phi) is 53.5. The lowest BCUT2D eigenvalue weighted by molar-refractivity contribution is -0.302. The van der Waals surface area contributed by atoms with Gasteiger partial charge in [0.15, 0.2) is 6.29 Å². The topological polar surface area (TPSA) is 149 Å². The van der Waals surface area contributed by atoms with E-state index in [0.29, 0.717) is 6.42 Å². The number of allylic oxidation sites excluding steroid dienone is 3. The Morgan fingerprint density at radius 2 is 0.760 bits per heavy atom. The van der Waals surface area contributed by atoms with E-state index in [9.17, 15) is 30.3 Å². The highest BCUT2D eigenvalue weighted by atomic mass is 16.7. The first kappa shape index (κ1) is 71.7. The van der Waals surface area contributed by atoms with E-state index in [1.54, 1.807) is 6.08 Å². The third-order valence-electron chi connectivity index (χ3n) is 16.0. The van der Waals surface area contributed by atoms with Gasteiger partial charge < -0.3 is 40.3 Å². The molecule has 75 heavy (non-hydrogen) atoms. The smallest absolute Gasteiger partial charge is 0.220 e. The van der Waals surface area contributed by atoms with Crippen LogP contribution in [0.4, 0.5) is 0 Å². The summed E-state index contributed by atoms with van der Waals surface area (Å²) in [7, 11) is 0. The third-order valence-corrected chi connectivity index (χ3v) is 16.0. The summed E-state index contributed by atoms with van der Waals surface area (Å²) in [6.07, 6.45) is 65.6. The van der Waals surface area contributed by atoms with E-state index in [0.717, 1.165) is 38.5 Å². The summed E-state index contributed by atoms with van der Waals surface area (Å²) >= 11 is 0. The summed E-state index contributed by atoms with van der Waals surface area (Å²) in [6.45, 7) is 3.82. The third kappa shape index (κ3) is 45.1. The van der Waals surface area contributed by atoms with Crippen LogP contribution in [0.1, 0.15) is 335 Å². The van der Waals surface area contributed by atoms with Crippen LogP contribution in [0.5, 0.6) is 0 Å². The highest BCUT2D eigenvalue weighted by molar-refractivity contribution is 5.76. The van der Waals surface area contributed by atoms with E-state index in [-0.39, 0.29) is 12.5 Å². The van der Waals surface area contributed by atoms with Crippen molar-refractivity contribution in [1.29, 1.82) is 0 Å². The zero-order valence-electron chi connectivity index (χ0n) is 49.6. The number of nitrogens with one attached hydrogen (secondary N) is 1. The summed E-state index contributed by atoms with van der Waals surface area (Å²) in [4.78, 5) is 13.1. The van der Waals surface area contributed by atoms with Crippen molar-refractivity contribution in [2.75, 3.05) is 13.2 Å². The minimum atomic E-state index is -1.57. The minimum Gasteiger partial charge on any atom is -0.394 e. The van der Waals surface area contributed by atoms with E-state index in [2.05, 4.69) is 31.3 Å². The molecule has 1 aliphatic heterocycles. The number of carbonyl (C=O) groups is 1. The molecule has 1 heterocycles. The Morgan fingerprint density at radius 3 is 1.12 bits per heavy atom. The molecule has 1 amide bonds. The summed E-state index contributed by atoms with van der Waals surface area (Å²) in [6, 6.07) is -0.820. The second-order valence-corrected chi connectivity index (χ2v) is 23.3. The largest absolute Gasteiger partial charge is 0.394 e. The van der Waals surface area contributed by atoms with E-state index in [1.807, 2.05) is 6.08 Å². The maximum absolute atomic E-state index is 13.1. The van der Waals surface area contributed by atoms with Gasteiger partial charge in [-0.3, -0.25) is 4.79 Å². The molecule has 1 fully saturated rings. The maximum Gasteiger partial charge on any atom is 0.220 e. The number of hydrogen-bond acceptors (Lipinski definition) is 8. The molecule has 1 saturated heterocycles. The number of ether oxygens (including phenoxy) is 2. The Hall–Kier alpha value is -1.33. The zero-order chi connectivity index (χ0) is 54.3. The monoisotopic (exact) mass is 1060 g/mol. The second kappa shape index (κ2) is 56.0. The lowest BCUT2D eigenvalue weighted by atomic mass is 9.99. The average Bonchev–Trinajstić information content (AvgIpc) is 3.41. The number of amides is 1. The highest BCUT2D eigenvalue weighted by Gasteiger charge is 2.44. The van der Waals surface area contributed by atoms with Gasteiger partial charge in [0.25, 0.3) is 0 Å². The summed E-state index contributed by atoms with van der Waals surface area (Å²) in [5.41, 5.74) is 0. The zero-order valence-corrected chi connectivity index (χ0v) is 49.6. The summed E-state index contributed by atoms with van der Waals surface area (Å²) in [5.74, 6) is -0.179. The summed E-state index contributed by atoms with van der Waals surface area (Å²) < 4.78 is 11.3. The van der Waals surface area contributed by atoms with Crippen LogP contribution in [0, 0.1) is 0 Å². The van der Waals surface area contributed by atoms with Gasteiger partial charge in [-0.25, -0.2) is 0 Å². The molecule has 0 saturated carbocycles. The SMILES string of the molecule is CCCCCCCCCCCCCCCCCCCCCC/C=C/CC/C=C/C(O)C(COC1OC(CO)C(O)C(O)C1O)NC(=O)CCCCCCCCCCCCCCCCCCCCCCCCCCCC. The molecular formula is C66H127NO8. The number of carbonyl (C=O) groups excluding carboxylic acids is 1. The molecule has 1 aliphatic rings. The van der Waals surface area contributed by atoms with Gasteiger partial charge in [0.2, 0.25) is 5.91 Å². The van der Waals surface area contributed by atoms with Gasteiger partial charge >= 0.3 is 0 Å². The average molecular weight is 1060 g/mol. The van der Waals surface area contributed by atoms with Crippen LogP contribution in [0.2, 0.25) is 0 Å². The molecule has 7 atom stereocenters. The molecule has 7 unspecified atom stereocenters. The van der Waals surface area contributed by atoms with Gasteiger partial charge in [0.05, 0.1) is 25.4 Å². The number of rotatable bonds is 58. The predicted octanol–water partition coefficient (Wildman–Crippen LogP) is 17.3. The Labute approximate surface area is 464 Å². The van der Waals surface area contributed by atoms with E-state index in [4.69, 9.17) is 9.47 Å². The molecule has 6 N–H and O–H groups in total. The number of aliphatic hydroxyl groups is 5. The van der Waals surface area contributed by atoms with Crippen molar-refractivity contribution in [2.45, 2.75) is 378 Å². The van der Waals surface area contributed by atoms with Crippen LogP contribution < -0.4 is 5.32 Å². The fraction of sp³-hybridized carbons (Fsp3) is 0.924. The molecular weight excluding hydrogens is 935 g/mol. The molecule has 0 aliphatic carbocycles. The van der Waals surface area contributed by atoms with E-state index >= 15 is 0 Å². The standard InChI is InChI=1S/C66H127NO8/c1-3-5-7-9-11-13-15-17-19-21-23-25-27-29-31-33-35-37-39-41-43-45-47-49-51-53-55-60(69)59(58-74-66-65(73)64(72)63(71)61(57-68)75-66)67-62(70)56-54-52-50-48-46-44-42-40-38-36-34-32-30-28-26-24-22-20-18-16-14-12-10-8-6-4-2/h45,47,53,55,59-61,63-66,68-69,71-73H,3-44,46,48-52,54,56-58H2,1-2H3,(H,67,70)/b47-45+,55-53+. The van der Waals surface area contributed by atoms with Crippen molar-refractivity contribution in [2.24, 2.45) is 0 Å². The van der Waals surface area contributed by atoms with Crippen LogP contribution in [-0.2, 0) is 14.3 Å². The quantitative estimate of drug-likeness (QED) is 0.0261. The number of aliphatic hydroxyl groups excluding tert-OH is 5. The molecule has 0 aromatic carbocycles. The van der Waals surface area contributed by atoms with Gasteiger partial charge in [-0.2, -0.15) is 0 Å². The van der Waals surface area contributed by atoms with Crippen molar-refractivity contribution in [1.82, 2.24) is 5.32 Å². The molecule has 0 radical (unpaired) electrons.